The molecule has 0 aliphatic rings. The summed E-state index contributed by atoms with van der Waals surface area (Å²) in [4.78, 5) is 27.7. The molecule has 0 aliphatic heterocycles. The molecule has 1 unspecified atom stereocenters. The fourth-order valence-corrected chi connectivity index (χ4v) is 3.33. The third kappa shape index (κ3) is 4.26. The summed E-state index contributed by atoms with van der Waals surface area (Å²) in [5, 5.41) is 6.99. The second-order valence-electron chi connectivity index (χ2n) is 6.54. The van der Waals surface area contributed by atoms with Crippen LogP contribution in [0.5, 0.6) is 0 Å². The molecule has 1 atom stereocenters. The van der Waals surface area contributed by atoms with Crippen LogP contribution in [0.15, 0.2) is 54.7 Å². The van der Waals surface area contributed by atoms with E-state index in [0.717, 1.165) is 22.9 Å². The number of aryl methyl sites for hydroxylation is 1. The average Bonchev–Trinajstić information content (AvgIpc) is 3.12. The highest BCUT2D eigenvalue weighted by Gasteiger charge is 2.24. The van der Waals surface area contributed by atoms with Crippen LogP contribution in [0.4, 0.5) is 0 Å². The second kappa shape index (κ2) is 8.64. The summed E-state index contributed by atoms with van der Waals surface area (Å²) in [6.45, 7) is 4.57. The lowest BCUT2D eigenvalue weighted by atomic mass is 9.96. The summed E-state index contributed by atoms with van der Waals surface area (Å²) >= 11 is 0. The Bertz CT molecular complexity index is 931. The van der Waals surface area contributed by atoms with Crippen LogP contribution in [0.1, 0.15) is 41.4 Å². The molecule has 0 saturated heterocycles. The molecule has 5 heteroatoms. The van der Waals surface area contributed by atoms with Gasteiger partial charge in [0.05, 0.1) is 6.04 Å². The summed E-state index contributed by atoms with van der Waals surface area (Å²) < 4.78 is 0. The number of ketones is 1. The molecule has 0 radical (unpaired) electrons. The molecule has 0 spiro atoms. The number of H-pyrrole nitrogens is 1. The first-order valence-corrected chi connectivity index (χ1v) is 9.27. The highest BCUT2D eigenvalue weighted by atomic mass is 16.1. The summed E-state index contributed by atoms with van der Waals surface area (Å²) in [5.41, 5.74) is 3.81. The van der Waals surface area contributed by atoms with Gasteiger partial charge in [-0.3, -0.25) is 9.59 Å². The van der Waals surface area contributed by atoms with Gasteiger partial charge in [0.2, 0.25) is 5.91 Å². The Kier molecular flexibility index (Phi) is 6.04. The molecule has 0 fully saturated rings. The van der Waals surface area contributed by atoms with Crippen molar-refractivity contribution in [1.29, 1.82) is 0 Å². The number of rotatable bonds is 8. The third-order valence-electron chi connectivity index (χ3n) is 4.69. The van der Waals surface area contributed by atoms with E-state index < -0.39 is 6.04 Å². The van der Waals surface area contributed by atoms with Crippen molar-refractivity contribution in [1.82, 2.24) is 15.6 Å². The van der Waals surface area contributed by atoms with Crippen molar-refractivity contribution in [2.24, 2.45) is 0 Å². The minimum absolute atomic E-state index is 0.0172. The quantitative estimate of drug-likeness (QED) is 0.424. The molecule has 2 aromatic carbocycles. The van der Waals surface area contributed by atoms with Crippen LogP contribution in [-0.2, 0) is 11.2 Å². The molecule has 1 heterocycles. The van der Waals surface area contributed by atoms with Gasteiger partial charge in [0.25, 0.3) is 0 Å². The Labute approximate surface area is 159 Å². The van der Waals surface area contributed by atoms with Gasteiger partial charge in [0.1, 0.15) is 0 Å². The van der Waals surface area contributed by atoms with E-state index in [4.69, 9.17) is 0 Å². The smallest absolute Gasteiger partial charge is 0.216 e. The molecular weight excluding hydrogens is 338 g/mol. The maximum atomic E-state index is 13.4. The molecule has 0 bridgehead atoms. The SMILES string of the molecule is CCc1cccc2c(C(=O)C(NCCNC(C)=O)c3ccccc3)c[nH]c12. The van der Waals surface area contributed by atoms with E-state index in [1.54, 1.807) is 6.20 Å². The zero-order valence-electron chi connectivity index (χ0n) is 15.7. The van der Waals surface area contributed by atoms with Gasteiger partial charge in [0, 0.05) is 42.7 Å². The second-order valence-corrected chi connectivity index (χ2v) is 6.54. The van der Waals surface area contributed by atoms with Gasteiger partial charge in [-0.15, -0.1) is 0 Å². The molecule has 0 aliphatic carbocycles. The lowest BCUT2D eigenvalue weighted by molar-refractivity contribution is -0.118. The molecule has 1 amide bonds. The van der Waals surface area contributed by atoms with Crippen LogP contribution in [-0.4, -0.2) is 29.8 Å². The molecule has 140 valence electrons. The Hall–Kier alpha value is -2.92. The molecule has 0 saturated carbocycles. The molecule has 27 heavy (non-hydrogen) atoms. The van der Waals surface area contributed by atoms with Crippen molar-refractivity contribution >= 4 is 22.6 Å². The van der Waals surface area contributed by atoms with Crippen LogP contribution >= 0.6 is 0 Å². The molecule has 3 N–H and O–H groups in total. The number of aromatic amines is 1. The van der Waals surface area contributed by atoms with E-state index in [0.29, 0.717) is 18.7 Å². The number of aromatic nitrogens is 1. The summed E-state index contributed by atoms with van der Waals surface area (Å²) in [6.07, 6.45) is 2.71. The lowest BCUT2D eigenvalue weighted by Crippen LogP contribution is -2.35. The maximum absolute atomic E-state index is 13.4. The predicted molar refractivity (Wildman–Crippen MR) is 108 cm³/mol. The number of nitrogens with one attached hydrogen (secondary N) is 3. The minimum atomic E-state index is -0.468. The number of carbonyl (C=O) groups is 2. The Morgan fingerprint density at radius 2 is 1.81 bits per heavy atom. The molecule has 1 aromatic heterocycles. The minimum Gasteiger partial charge on any atom is -0.360 e. The van der Waals surface area contributed by atoms with Crippen LogP contribution in [0.2, 0.25) is 0 Å². The standard InChI is InChI=1S/C22H25N3O2/c1-3-16-10-7-11-18-19(14-25-20(16)18)22(27)21(17-8-5-4-6-9-17)24-13-12-23-15(2)26/h4-11,14,21,24-25H,3,12-13H2,1-2H3,(H,23,26). The summed E-state index contributed by atoms with van der Waals surface area (Å²) in [5.74, 6) is -0.0633. The van der Waals surface area contributed by atoms with Crippen LogP contribution < -0.4 is 10.6 Å². The number of benzene rings is 2. The van der Waals surface area contributed by atoms with Crippen molar-refractivity contribution in [3.05, 3.63) is 71.4 Å². The number of Topliss-reactive ketones (excluding diaryl/α,β-unsaturated/α-hetero) is 1. The number of amides is 1. The van der Waals surface area contributed by atoms with Gasteiger partial charge in [-0.2, -0.15) is 0 Å². The van der Waals surface area contributed by atoms with Gasteiger partial charge in [0.15, 0.2) is 5.78 Å². The van der Waals surface area contributed by atoms with Crippen LogP contribution in [0.3, 0.4) is 0 Å². The monoisotopic (exact) mass is 363 g/mol. The van der Waals surface area contributed by atoms with Gasteiger partial charge < -0.3 is 15.6 Å². The van der Waals surface area contributed by atoms with E-state index in [1.165, 1.54) is 12.5 Å². The zero-order chi connectivity index (χ0) is 19.2. The lowest BCUT2D eigenvalue weighted by Gasteiger charge is -2.18. The van der Waals surface area contributed by atoms with Gasteiger partial charge in [-0.1, -0.05) is 55.5 Å². The fourth-order valence-electron chi connectivity index (χ4n) is 3.33. The Morgan fingerprint density at radius 1 is 1.04 bits per heavy atom. The van der Waals surface area contributed by atoms with E-state index in [9.17, 15) is 9.59 Å². The average molecular weight is 363 g/mol. The van der Waals surface area contributed by atoms with Crippen LogP contribution in [0.25, 0.3) is 10.9 Å². The number of fused-ring (bicyclic) bond motifs is 1. The maximum Gasteiger partial charge on any atom is 0.216 e. The molecule has 3 rings (SSSR count). The zero-order valence-corrected chi connectivity index (χ0v) is 15.7. The Balaban J connectivity index is 1.90. The van der Waals surface area contributed by atoms with Crippen molar-refractivity contribution in [3.63, 3.8) is 0 Å². The highest BCUT2D eigenvalue weighted by molar-refractivity contribution is 6.11. The Morgan fingerprint density at radius 3 is 2.52 bits per heavy atom. The van der Waals surface area contributed by atoms with Gasteiger partial charge >= 0.3 is 0 Å². The topological polar surface area (TPSA) is 74.0 Å². The number of hydrogen-bond donors (Lipinski definition) is 3. The number of hydrogen-bond acceptors (Lipinski definition) is 3. The van der Waals surface area contributed by atoms with Gasteiger partial charge in [-0.25, -0.2) is 0 Å². The predicted octanol–water partition coefficient (Wildman–Crippen LogP) is 3.38. The number of carbonyl (C=O) groups excluding carboxylic acids is 2. The summed E-state index contributed by atoms with van der Waals surface area (Å²) in [6, 6.07) is 15.3. The van der Waals surface area contributed by atoms with Crippen molar-refractivity contribution in [2.75, 3.05) is 13.1 Å². The normalized spacial score (nSPS) is 12.1. The molecule has 5 nitrogen and oxygen atoms in total. The highest BCUT2D eigenvalue weighted by Crippen LogP contribution is 2.26. The largest absolute Gasteiger partial charge is 0.360 e. The van der Waals surface area contributed by atoms with E-state index >= 15 is 0 Å². The first kappa shape index (κ1) is 18.9. The van der Waals surface area contributed by atoms with Crippen molar-refractivity contribution in [2.45, 2.75) is 26.3 Å². The third-order valence-corrected chi connectivity index (χ3v) is 4.69. The van der Waals surface area contributed by atoms with E-state index in [1.807, 2.05) is 42.5 Å². The molecular formula is C22H25N3O2. The van der Waals surface area contributed by atoms with Crippen LogP contribution in [0, 0.1) is 0 Å². The van der Waals surface area contributed by atoms with E-state index in [-0.39, 0.29) is 11.7 Å². The fraction of sp³-hybridized carbons (Fsp3) is 0.273. The first-order chi connectivity index (χ1) is 13.1. The van der Waals surface area contributed by atoms with Crippen molar-refractivity contribution in [3.8, 4) is 0 Å². The van der Waals surface area contributed by atoms with E-state index in [2.05, 4.69) is 28.6 Å². The summed E-state index contributed by atoms with van der Waals surface area (Å²) in [7, 11) is 0. The van der Waals surface area contributed by atoms with Gasteiger partial charge in [-0.05, 0) is 17.5 Å². The molecule has 3 aromatic rings. The van der Waals surface area contributed by atoms with Crippen molar-refractivity contribution < 1.29 is 9.59 Å². The first-order valence-electron chi connectivity index (χ1n) is 9.27. The number of para-hydroxylation sites is 1.